The van der Waals surface area contributed by atoms with Crippen molar-refractivity contribution in [2.75, 3.05) is 0 Å². The van der Waals surface area contributed by atoms with Crippen molar-refractivity contribution in [1.29, 1.82) is 0 Å². The van der Waals surface area contributed by atoms with Gasteiger partial charge < -0.3 is 13.6 Å². The first-order valence-corrected chi connectivity index (χ1v) is 9.00. The average molecular weight is 240 g/mol. The number of hydrogen-bond acceptors (Lipinski definition) is 3. The number of Topliss-reactive ketones (excluding diaryl/α,β-unsaturated/α-hetero) is 1. The fourth-order valence-corrected chi connectivity index (χ4v) is 2.58. The van der Waals surface area contributed by atoms with Crippen LogP contribution in [0, 0.1) is 0 Å². The Morgan fingerprint density at radius 3 is 2.62 bits per heavy atom. The van der Waals surface area contributed by atoms with Crippen LogP contribution < -0.4 is 0 Å². The molecule has 0 saturated carbocycles. The molecule has 16 heavy (non-hydrogen) atoms. The van der Waals surface area contributed by atoms with E-state index in [1.165, 1.54) is 0 Å². The minimum Gasteiger partial charge on any atom is -0.467 e. The molecule has 0 fully saturated rings. The monoisotopic (exact) mass is 240 g/mol. The van der Waals surface area contributed by atoms with Crippen molar-refractivity contribution in [1.82, 2.24) is 0 Å². The number of rotatable bonds is 6. The molecule has 0 N–H and O–H groups in total. The molecular formula is C12H20O3Si. The second kappa shape index (κ2) is 5.45. The van der Waals surface area contributed by atoms with E-state index in [1.807, 2.05) is 12.1 Å². The zero-order chi connectivity index (χ0) is 12.2. The lowest BCUT2D eigenvalue weighted by Crippen LogP contribution is -2.28. The number of hydrogen-bond donors (Lipinski definition) is 0. The summed E-state index contributed by atoms with van der Waals surface area (Å²) in [5, 5.41) is 0. The van der Waals surface area contributed by atoms with E-state index in [4.69, 9.17) is 8.84 Å². The third kappa shape index (κ3) is 4.77. The van der Waals surface area contributed by atoms with Crippen molar-refractivity contribution >= 4 is 14.1 Å². The quantitative estimate of drug-likeness (QED) is 0.714. The Morgan fingerprint density at radius 1 is 1.50 bits per heavy atom. The van der Waals surface area contributed by atoms with E-state index in [1.54, 1.807) is 13.2 Å². The Hall–Kier alpha value is -0.873. The van der Waals surface area contributed by atoms with Crippen molar-refractivity contribution < 1.29 is 13.6 Å². The van der Waals surface area contributed by atoms with E-state index < -0.39 is 8.32 Å². The minimum atomic E-state index is -1.62. The Balaban J connectivity index is 2.66. The highest BCUT2D eigenvalue weighted by atomic mass is 28.4. The Morgan fingerprint density at radius 2 is 2.19 bits per heavy atom. The van der Waals surface area contributed by atoms with Gasteiger partial charge in [0.05, 0.1) is 6.26 Å². The van der Waals surface area contributed by atoms with E-state index in [-0.39, 0.29) is 11.9 Å². The number of furan rings is 1. The van der Waals surface area contributed by atoms with Crippen LogP contribution in [0.25, 0.3) is 0 Å². The first kappa shape index (κ1) is 13.2. The lowest BCUT2D eigenvalue weighted by atomic mass is 10.1. The van der Waals surface area contributed by atoms with Gasteiger partial charge in [-0.15, -0.1) is 0 Å². The molecule has 1 atom stereocenters. The van der Waals surface area contributed by atoms with Gasteiger partial charge in [-0.3, -0.25) is 0 Å². The van der Waals surface area contributed by atoms with E-state index in [0.717, 1.165) is 5.76 Å². The second-order valence-corrected chi connectivity index (χ2v) is 9.44. The SMILES string of the molecule is CC(=O)CCC(O[Si](C)(C)C)c1ccco1. The summed E-state index contributed by atoms with van der Waals surface area (Å²) in [5.41, 5.74) is 0. The molecule has 0 aliphatic rings. The summed E-state index contributed by atoms with van der Waals surface area (Å²) in [7, 11) is -1.62. The van der Waals surface area contributed by atoms with Crippen LogP contribution in [-0.2, 0) is 9.22 Å². The molecule has 0 saturated heterocycles. The molecule has 1 heterocycles. The molecule has 0 bridgehead atoms. The molecule has 0 amide bonds. The van der Waals surface area contributed by atoms with Crippen LogP contribution in [0.1, 0.15) is 31.6 Å². The highest BCUT2D eigenvalue weighted by molar-refractivity contribution is 6.69. The van der Waals surface area contributed by atoms with Crippen molar-refractivity contribution in [3.8, 4) is 0 Å². The summed E-state index contributed by atoms with van der Waals surface area (Å²) < 4.78 is 11.4. The molecule has 0 radical (unpaired) electrons. The molecular weight excluding hydrogens is 220 g/mol. The number of ketones is 1. The topological polar surface area (TPSA) is 39.4 Å². The van der Waals surface area contributed by atoms with Crippen molar-refractivity contribution in [2.24, 2.45) is 0 Å². The van der Waals surface area contributed by atoms with Crippen LogP contribution in [0.4, 0.5) is 0 Å². The molecule has 3 nitrogen and oxygen atoms in total. The Kier molecular flexibility index (Phi) is 4.50. The summed E-state index contributed by atoms with van der Waals surface area (Å²) in [5.74, 6) is 1.01. The molecule has 0 aromatic carbocycles. The molecule has 1 unspecified atom stereocenters. The lowest BCUT2D eigenvalue weighted by molar-refractivity contribution is -0.117. The van der Waals surface area contributed by atoms with E-state index in [2.05, 4.69) is 19.6 Å². The lowest BCUT2D eigenvalue weighted by Gasteiger charge is -2.24. The van der Waals surface area contributed by atoms with Gasteiger partial charge in [0, 0.05) is 6.42 Å². The Bertz CT molecular complexity index is 325. The van der Waals surface area contributed by atoms with E-state index in [0.29, 0.717) is 12.8 Å². The van der Waals surface area contributed by atoms with Gasteiger partial charge in [0.1, 0.15) is 17.6 Å². The van der Waals surface area contributed by atoms with Gasteiger partial charge in [-0.25, -0.2) is 0 Å². The largest absolute Gasteiger partial charge is 0.467 e. The maximum atomic E-state index is 11.0. The standard InChI is InChI=1S/C12H20O3Si/c1-10(13)7-8-12(15-16(2,3)4)11-6-5-9-14-11/h5-6,9,12H,7-8H2,1-4H3. The minimum absolute atomic E-state index is 0.0782. The average Bonchev–Trinajstić information content (AvgIpc) is 2.62. The molecule has 0 aliphatic carbocycles. The molecule has 1 aromatic heterocycles. The first-order chi connectivity index (χ1) is 7.38. The zero-order valence-corrected chi connectivity index (χ0v) is 11.4. The number of carbonyl (C=O) groups is 1. The van der Waals surface area contributed by atoms with Gasteiger partial charge in [-0.05, 0) is 45.1 Å². The van der Waals surface area contributed by atoms with Crippen LogP contribution >= 0.6 is 0 Å². The molecule has 0 spiro atoms. The van der Waals surface area contributed by atoms with E-state index in [9.17, 15) is 4.79 Å². The summed E-state index contributed by atoms with van der Waals surface area (Å²) in [6, 6.07) is 3.76. The summed E-state index contributed by atoms with van der Waals surface area (Å²) in [4.78, 5) is 11.0. The van der Waals surface area contributed by atoms with Crippen molar-refractivity contribution in [3.63, 3.8) is 0 Å². The van der Waals surface area contributed by atoms with Gasteiger partial charge >= 0.3 is 0 Å². The van der Waals surface area contributed by atoms with Crippen LogP contribution in [0.15, 0.2) is 22.8 Å². The molecule has 4 heteroatoms. The van der Waals surface area contributed by atoms with Gasteiger partial charge in [-0.1, -0.05) is 0 Å². The molecule has 0 aliphatic heterocycles. The van der Waals surface area contributed by atoms with Crippen molar-refractivity contribution in [3.05, 3.63) is 24.2 Å². The molecule has 1 rings (SSSR count). The van der Waals surface area contributed by atoms with Gasteiger partial charge in [0.25, 0.3) is 0 Å². The highest BCUT2D eigenvalue weighted by Crippen LogP contribution is 2.27. The maximum Gasteiger partial charge on any atom is 0.184 e. The van der Waals surface area contributed by atoms with Crippen LogP contribution in [0.2, 0.25) is 19.6 Å². The van der Waals surface area contributed by atoms with Crippen LogP contribution in [-0.4, -0.2) is 14.1 Å². The van der Waals surface area contributed by atoms with E-state index >= 15 is 0 Å². The Labute approximate surface area is 97.9 Å². The van der Waals surface area contributed by atoms with Gasteiger partial charge in [0.15, 0.2) is 8.32 Å². The zero-order valence-electron chi connectivity index (χ0n) is 10.4. The fraction of sp³-hybridized carbons (Fsp3) is 0.583. The first-order valence-electron chi connectivity index (χ1n) is 5.59. The van der Waals surface area contributed by atoms with Gasteiger partial charge in [-0.2, -0.15) is 0 Å². The summed E-state index contributed by atoms with van der Waals surface area (Å²) in [6.07, 6.45) is 2.80. The second-order valence-electron chi connectivity index (χ2n) is 4.97. The highest BCUT2D eigenvalue weighted by Gasteiger charge is 2.24. The maximum absolute atomic E-state index is 11.0. The predicted molar refractivity (Wildman–Crippen MR) is 65.8 cm³/mol. The smallest absolute Gasteiger partial charge is 0.184 e. The molecule has 1 aromatic rings. The molecule has 90 valence electrons. The summed E-state index contributed by atoms with van der Waals surface area (Å²) in [6.45, 7) is 8.01. The van der Waals surface area contributed by atoms with Crippen molar-refractivity contribution in [2.45, 2.75) is 45.5 Å². The van der Waals surface area contributed by atoms with Crippen LogP contribution in [0.3, 0.4) is 0 Å². The third-order valence-corrected chi connectivity index (χ3v) is 3.11. The fourth-order valence-electron chi connectivity index (χ4n) is 1.49. The number of carbonyl (C=O) groups excluding carboxylic acids is 1. The van der Waals surface area contributed by atoms with Crippen LogP contribution in [0.5, 0.6) is 0 Å². The normalized spacial score (nSPS) is 13.8. The predicted octanol–water partition coefficient (Wildman–Crippen LogP) is 3.54. The van der Waals surface area contributed by atoms with Gasteiger partial charge in [0.2, 0.25) is 0 Å². The summed E-state index contributed by atoms with van der Waals surface area (Å²) >= 11 is 0. The third-order valence-electron chi connectivity index (χ3n) is 2.11.